The van der Waals surface area contributed by atoms with Gasteiger partial charge in [-0.2, -0.15) is 8.78 Å². The second-order valence-corrected chi connectivity index (χ2v) is 4.94. The van der Waals surface area contributed by atoms with Gasteiger partial charge in [0.1, 0.15) is 11.6 Å². The molecule has 0 spiro atoms. The predicted molar refractivity (Wildman–Crippen MR) is 104 cm³/mol. The molecule has 0 aliphatic heterocycles. The Morgan fingerprint density at radius 3 is 2.76 bits per heavy atom. The third-order valence-corrected chi connectivity index (χ3v) is 3.48. The number of methoxy groups -OCH3 is 1. The smallest absolute Gasteiger partial charge is 0.319 e. The molecule has 25 heavy (non-hydrogen) atoms. The van der Waals surface area contributed by atoms with E-state index >= 15 is 0 Å². The second kappa shape index (κ2) is 10.9. The average Bonchev–Trinajstić information content (AvgIpc) is 3.07. The number of nitrogens with one attached hydrogen (secondary N) is 2. The number of hydrogen-bond donors (Lipinski definition) is 2. The maximum absolute atomic E-state index is 12.8. The van der Waals surface area contributed by atoms with Crippen LogP contribution in [0.4, 0.5) is 8.78 Å². The number of para-hydroxylation sites is 1. The number of aromatic nitrogens is 2. The normalized spacial score (nSPS) is 11.2. The van der Waals surface area contributed by atoms with E-state index in [0.717, 1.165) is 22.3 Å². The van der Waals surface area contributed by atoms with Crippen LogP contribution in [0.25, 0.3) is 0 Å². The second-order valence-electron chi connectivity index (χ2n) is 4.94. The molecule has 6 nitrogen and oxygen atoms in total. The topological polar surface area (TPSA) is 63.5 Å². The van der Waals surface area contributed by atoms with Crippen LogP contribution in [0.1, 0.15) is 17.9 Å². The molecule has 0 aliphatic carbocycles. The highest BCUT2D eigenvalue weighted by Crippen LogP contribution is 2.17. The first kappa shape index (κ1) is 21.1. The molecule has 0 aliphatic rings. The Labute approximate surface area is 162 Å². The number of imidazole rings is 1. The van der Waals surface area contributed by atoms with Gasteiger partial charge in [-0.25, -0.2) is 4.98 Å². The Morgan fingerprint density at radius 1 is 1.32 bits per heavy atom. The summed E-state index contributed by atoms with van der Waals surface area (Å²) in [6.07, 6.45) is 3.34. The number of aliphatic imine (C=N–C) groups is 1. The Hall–Kier alpha value is -1.91. The average molecular weight is 465 g/mol. The lowest BCUT2D eigenvalue weighted by atomic mass is 10.1. The molecule has 1 aromatic heterocycles. The lowest BCUT2D eigenvalue weighted by molar-refractivity contribution is 0.0668. The van der Waals surface area contributed by atoms with Gasteiger partial charge in [0.05, 0.1) is 13.7 Å². The van der Waals surface area contributed by atoms with E-state index < -0.39 is 6.55 Å². The summed E-state index contributed by atoms with van der Waals surface area (Å²) in [6.45, 7) is -1.82. The first-order chi connectivity index (χ1) is 11.7. The largest absolute Gasteiger partial charge is 0.496 e. The number of ether oxygens (including phenoxy) is 1. The van der Waals surface area contributed by atoms with E-state index in [9.17, 15) is 8.78 Å². The molecule has 0 fully saturated rings. The monoisotopic (exact) mass is 465 g/mol. The van der Waals surface area contributed by atoms with Crippen LogP contribution in [0.2, 0.25) is 0 Å². The van der Waals surface area contributed by atoms with Crippen LogP contribution in [-0.2, 0) is 13.0 Å². The van der Waals surface area contributed by atoms with Crippen molar-refractivity contribution in [2.24, 2.45) is 4.99 Å². The number of halogens is 3. The van der Waals surface area contributed by atoms with Gasteiger partial charge in [0.25, 0.3) is 0 Å². The van der Waals surface area contributed by atoms with Crippen LogP contribution in [0, 0.1) is 0 Å². The number of hydrogen-bond acceptors (Lipinski definition) is 3. The van der Waals surface area contributed by atoms with Gasteiger partial charge in [0, 0.05) is 26.0 Å². The lowest BCUT2D eigenvalue weighted by Gasteiger charge is -2.13. The number of benzene rings is 1. The minimum atomic E-state index is -2.61. The van der Waals surface area contributed by atoms with Gasteiger partial charge in [-0.15, -0.1) is 24.0 Å². The van der Waals surface area contributed by atoms with E-state index in [2.05, 4.69) is 20.6 Å². The molecule has 2 aromatic rings. The van der Waals surface area contributed by atoms with E-state index in [4.69, 9.17) is 4.74 Å². The predicted octanol–water partition coefficient (Wildman–Crippen LogP) is 2.81. The third kappa shape index (κ3) is 6.15. The fourth-order valence-electron chi connectivity index (χ4n) is 2.27. The molecule has 138 valence electrons. The zero-order valence-electron chi connectivity index (χ0n) is 14.1. The zero-order valence-corrected chi connectivity index (χ0v) is 16.4. The molecule has 0 radical (unpaired) electrons. The van der Waals surface area contributed by atoms with Crippen molar-refractivity contribution in [1.82, 2.24) is 20.2 Å². The summed E-state index contributed by atoms with van der Waals surface area (Å²) < 4.78 is 31.7. The van der Waals surface area contributed by atoms with Crippen molar-refractivity contribution >= 4 is 29.9 Å². The summed E-state index contributed by atoms with van der Waals surface area (Å²) in [5, 5.41) is 6.11. The van der Waals surface area contributed by atoms with E-state index in [0.29, 0.717) is 12.5 Å². The molecule has 1 aromatic carbocycles. The first-order valence-electron chi connectivity index (χ1n) is 7.52. The maximum Gasteiger partial charge on any atom is 0.319 e. The van der Waals surface area contributed by atoms with E-state index in [-0.39, 0.29) is 36.3 Å². The van der Waals surface area contributed by atoms with E-state index in [1.165, 1.54) is 12.4 Å². The number of rotatable bonds is 7. The lowest BCUT2D eigenvalue weighted by Crippen LogP contribution is -2.38. The van der Waals surface area contributed by atoms with Crippen molar-refractivity contribution in [2.75, 3.05) is 20.7 Å². The fourth-order valence-corrected chi connectivity index (χ4v) is 2.27. The molecule has 0 saturated carbocycles. The summed E-state index contributed by atoms with van der Waals surface area (Å²) in [7, 11) is 3.26. The van der Waals surface area contributed by atoms with Crippen LogP contribution in [-0.4, -0.2) is 36.2 Å². The molecule has 9 heteroatoms. The van der Waals surface area contributed by atoms with Gasteiger partial charge in [0.15, 0.2) is 5.96 Å². The van der Waals surface area contributed by atoms with Crippen LogP contribution >= 0.6 is 24.0 Å². The molecule has 0 saturated heterocycles. The molecule has 0 bridgehead atoms. The van der Waals surface area contributed by atoms with Crippen LogP contribution in [0.5, 0.6) is 5.75 Å². The van der Waals surface area contributed by atoms with Crippen molar-refractivity contribution < 1.29 is 13.5 Å². The van der Waals surface area contributed by atoms with Crippen molar-refractivity contribution in [3.8, 4) is 5.75 Å². The van der Waals surface area contributed by atoms with Crippen molar-refractivity contribution in [2.45, 2.75) is 19.5 Å². The van der Waals surface area contributed by atoms with Crippen molar-refractivity contribution in [3.05, 3.63) is 48.0 Å². The number of alkyl halides is 2. The minimum Gasteiger partial charge on any atom is -0.496 e. The fraction of sp³-hybridized carbons (Fsp3) is 0.375. The highest BCUT2D eigenvalue weighted by atomic mass is 127. The molecule has 0 amide bonds. The van der Waals surface area contributed by atoms with Crippen LogP contribution < -0.4 is 15.4 Å². The minimum absolute atomic E-state index is 0. The molecular formula is C16H22F2IN5O. The van der Waals surface area contributed by atoms with Gasteiger partial charge in [-0.1, -0.05) is 18.2 Å². The summed E-state index contributed by atoms with van der Waals surface area (Å²) in [5.41, 5.74) is 1.08. The van der Waals surface area contributed by atoms with Crippen LogP contribution in [0.3, 0.4) is 0 Å². The van der Waals surface area contributed by atoms with Gasteiger partial charge >= 0.3 is 6.55 Å². The highest BCUT2D eigenvalue weighted by Gasteiger charge is 2.11. The number of guanidine groups is 1. The molecule has 0 unspecified atom stereocenters. The molecule has 2 rings (SSSR count). The Balaban J connectivity index is 0.00000312. The summed E-state index contributed by atoms with van der Waals surface area (Å²) in [4.78, 5) is 7.99. The highest BCUT2D eigenvalue weighted by molar-refractivity contribution is 14.0. The van der Waals surface area contributed by atoms with E-state index in [1.807, 2.05) is 24.3 Å². The molecule has 2 N–H and O–H groups in total. The SMILES string of the molecule is CN=C(NCCc1ccccc1OC)NCc1nccn1C(F)F.I. The quantitative estimate of drug-likeness (QED) is 0.375. The zero-order chi connectivity index (χ0) is 17.4. The summed E-state index contributed by atoms with van der Waals surface area (Å²) in [5.74, 6) is 1.60. The van der Waals surface area contributed by atoms with E-state index in [1.54, 1.807) is 14.2 Å². The Bertz CT molecular complexity index is 678. The van der Waals surface area contributed by atoms with Crippen molar-refractivity contribution in [3.63, 3.8) is 0 Å². The standard InChI is InChI=1S/C16H21F2N5O.HI/c1-19-16(22-11-14-20-9-10-23(14)15(17)18)21-8-7-12-5-3-4-6-13(12)24-2;/h3-6,9-10,15H,7-8,11H2,1-2H3,(H2,19,21,22);1H. The Morgan fingerprint density at radius 2 is 2.08 bits per heavy atom. The first-order valence-corrected chi connectivity index (χ1v) is 7.52. The van der Waals surface area contributed by atoms with Crippen LogP contribution in [0.15, 0.2) is 41.7 Å². The van der Waals surface area contributed by atoms with Gasteiger partial charge < -0.3 is 15.4 Å². The maximum atomic E-state index is 12.8. The third-order valence-electron chi connectivity index (χ3n) is 3.48. The molecule has 0 atom stereocenters. The van der Waals surface area contributed by atoms with Gasteiger partial charge in [0.2, 0.25) is 0 Å². The van der Waals surface area contributed by atoms with Gasteiger partial charge in [-0.05, 0) is 18.1 Å². The van der Waals surface area contributed by atoms with Crippen molar-refractivity contribution in [1.29, 1.82) is 0 Å². The molecule has 1 heterocycles. The summed E-state index contributed by atoms with van der Waals surface area (Å²) >= 11 is 0. The Kier molecular flexibility index (Phi) is 9.17. The molecular weight excluding hydrogens is 443 g/mol. The van der Waals surface area contributed by atoms with Gasteiger partial charge in [-0.3, -0.25) is 9.56 Å². The number of nitrogens with zero attached hydrogens (tertiary/aromatic N) is 3. The summed E-state index contributed by atoms with van der Waals surface area (Å²) in [6, 6.07) is 7.78.